The molecule has 10 heterocycles. The lowest BCUT2D eigenvalue weighted by Gasteiger charge is -2.27. The van der Waals surface area contributed by atoms with Crippen molar-refractivity contribution in [3.63, 3.8) is 0 Å². The molecule has 43 heteroatoms. The molecule has 6 amide bonds. The Morgan fingerprint density at radius 2 is 0.970 bits per heavy atom. The van der Waals surface area contributed by atoms with E-state index in [9.17, 15) is 80.2 Å². The molecule has 0 unspecified atom stereocenters. The van der Waals surface area contributed by atoms with Gasteiger partial charge in [0.1, 0.15) is 40.7 Å². The van der Waals surface area contributed by atoms with E-state index in [1.807, 2.05) is 71.8 Å². The van der Waals surface area contributed by atoms with E-state index in [0.717, 1.165) is 41.3 Å². The van der Waals surface area contributed by atoms with Crippen LogP contribution in [0, 0.1) is 0 Å². The van der Waals surface area contributed by atoms with Gasteiger partial charge in [0.05, 0.1) is 55.9 Å². The van der Waals surface area contributed by atoms with Gasteiger partial charge in [-0.1, -0.05) is 26.3 Å². The quantitative estimate of drug-likeness (QED) is 0.00556. The van der Waals surface area contributed by atoms with Crippen molar-refractivity contribution >= 4 is 142 Å². The molecule has 10 aromatic rings. The topological polar surface area (TPSA) is 521 Å². The van der Waals surface area contributed by atoms with Crippen molar-refractivity contribution in [2.75, 3.05) is 96.7 Å². The van der Waals surface area contributed by atoms with Crippen LogP contribution in [0.25, 0.3) is 0 Å². The largest absolute Gasteiger partial charge is 0.497 e. The number of fused-ring (bicyclic) bond motifs is 2. The number of hydrogen-bond donors (Lipinski definition) is 13. The SMILES string of the molecule is CC[N+]1=C(C=CC=C2N(CCCCCC(O)=NCCCn3cc(NC(=O)c4nc(NC(=O)c5nccn5C)cn4C)cc3C(=O)Nc3cc(C(O)=NCCCC(O)=Nc4cc(C(=O)Nc5cc(C(=O)Nc6cc(C(=O)Nc7cc(C(O)=NCCC(O)=NCCCN(C)C)n(C)c7)n(C)c6)n(C)c5)n(C)c4)n(C)c3)c3ccc(S(=O)(=O)O)cc3C2(C)C)C(C)(C)c2cc(S(=O)(=O)O)ccc21. The average Bonchev–Trinajstić information content (AvgIpc) is 1.57. The van der Waals surface area contributed by atoms with Gasteiger partial charge in [-0.2, -0.15) is 21.4 Å². The van der Waals surface area contributed by atoms with Crippen LogP contribution < -0.4 is 36.8 Å². The molecule has 41 nitrogen and oxygen atoms in total. The molecule has 134 heavy (non-hydrogen) atoms. The molecule has 13 N–H and O–H groups in total. The number of rotatable bonds is 41. The van der Waals surface area contributed by atoms with E-state index in [4.69, 9.17) is 0 Å². The molecule has 0 spiro atoms. The van der Waals surface area contributed by atoms with Crippen molar-refractivity contribution in [1.29, 1.82) is 0 Å². The fourth-order valence-corrected chi connectivity index (χ4v) is 17.1. The summed E-state index contributed by atoms with van der Waals surface area (Å²) in [5.41, 5.74) is 6.19. The number of anilines is 7. The van der Waals surface area contributed by atoms with E-state index in [1.165, 1.54) is 89.8 Å². The van der Waals surface area contributed by atoms with E-state index in [0.29, 0.717) is 67.9 Å². The van der Waals surface area contributed by atoms with Crippen LogP contribution in [-0.2, 0) is 86.9 Å². The number of unbranched alkanes of at least 4 members (excludes halogenated alkanes) is 2. The van der Waals surface area contributed by atoms with E-state index in [2.05, 4.69) is 76.3 Å². The average molecular weight is 1880 g/mol. The van der Waals surface area contributed by atoms with Gasteiger partial charge in [-0.25, -0.2) is 20.0 Å². The number of aliphatic imine (C=N–C) groups is 5. The first-order valence-corrected chi connectivity index (χ1v) is 46.0. The molecule has 2 aromatic carbocycles. The molecule has 2 aliphatic rings. The number of carbonyl (C=O) groups is 6. The van der Waals surface area contributed by atoms with Gasteiger partial charge in [-0.15, -0.1) is 0 Å². The van der Waals surface area contributed by atoms with E-state index in [1.54, 1.807) is 125 Å². The minimum atomic E-state index is -4.55. The normalized spacial score (nSPS) is 14.5. The van der Waals surface area contributed by atoms with Gasteiger partial charge >= 0.3 is 0 Å². The van der Waals surface area contributed by atoms with Gasteiger partial charge in [0, 0.05) is 192 Å². The summed E-state index contributed by atoms with van der Waals surface area (Å²) in [5.74, 6) is -4.40. The minimum absolute atomic E-state index is 0.0249. The number of allylic oxidation sites excluding steroid dienone is 4. The lowest BCUT2D eigenvalue weighted by Crippen LogP contribution is -2.28. The minimum Gasteiger partial charge on any atom is -0.497 e. The summed E-state index contributed by atoms with van der Waals surface area (Å²) in [5, 5.41) is 71.0. The zero-order valence-corrected chi connectivity index (χ0v) is 78.6. The number of nitrogens with zero attached hydrogens (tertiary/aromatic N) is 18. The van der Waals surface area contributed by atoms with Crippen molar-refractivity contribution in [3.05, 3.63) is 209 Å². The third-order valence-corrected chi connectivity index (χ3v) is 24.6. The molecule has 710 valence electrons. The molecule has 8 aromatic heterocycles. The zero-order valence-electron chi connectivity index (χ0n) is 77.0. The summed E-state index contributed by atoms with van der Waals surface area (Å²) in [6.45, 7) is 12.7. The van der Waals surface area contributed by atoms with Crippen LogP contribution in [0.1, 0.15) is 178 Å². The molecule has 0 saturated heterocycles. The highest BCUT2D eigenvalue weighted by Gasteiger charge is 2.45. The first kappa shape index (κ1) is 98.5. The summed E-state index contributed by atoms with van der Waals surface area (Å²) < 4.78 is 83.6. The van der Waals surface area contributed by atoms with Gasteiger partial charge in [0.25, 0.3) is 55.7 Å². The molecule has 0 bridgehead atoms. The van der Waals surface area contributed by atoms with Crippen LogP contribution in [0.4, 0.5) is 51.3 Å². The predicted octanol–water partition coefficient (Wildman–Crippen LogP) is 11.9. The number of aromatic nitrogens is 10. The van der Waals surface area contributed by atoms with Crippen molar-refractivity contribution in [2.24, 2.45) is 74.3 Å². The highest BCUT2D eigenvalue weighted by Crippen LogP contribution is 2.49. The van der Waals surface area contributed by atoms with E-state index >= 15 is 0 Å². The maximum atomic E-state index is 14.4. The van der Waals surface area contributed by atoms with E-state index < -0.39 is 66.5 Å². The molecular weight excluding hydrogens is 1770 g/mol. The highest BCUT2D eigenvalue weighted by molar-refractivity contribution is 7.86. The Morgan fingerprint density at radius 1 is 0.478 bits per heavy atom. The van der Waals surface area contributed by atoms with Crippen LogP contribution in [0.2, 0.25) is 0 Å². The number of aliphatic hydroxyl groups excluding tert-OH is 5. The number of imidazole rings is 2. The summed E-state index contributed by atoms with van der Waals surface area (Å²) in [4.78, 5) is 116. The first-order valence-electron chi connectivity index (χ1n) is 43.2. The van der Waals surface area contributed by atoms with E-state index in [-0.39, 0.29) is 160 Å². The Hall–Kier alpha value is -14.6. The second-order valence-corrected chi connectivity index (χ2v) is 36.9. The molecule has 0 atom stereocenters. The summed E-state index contributed by atoms with van der Waals surface area (Å²) in [7, 11) is 6.31. The second kappa shape index (κ2) is 41.5. The first-order chi connectivity index (χ1) is 63.4. The van der Waals surface area contributed by atoms with Crippen LogP contribution in [0.15, 0.2) is 187 Å². The monoisotopic (exact) mass is 1880 g/mol. The maximum Gasteiger partial charge on any atom is 0.294 e. The lowest BCUT2D eigenvalue weighted by atomic mass is 9.81. The van der Waals surface area contributed by atoms with Crippen molar-refractivity contribution < 1.29 is 84.8 Å². The predicted molar refractivity (Wildman–Crippen MR) is 512 cm³/mol. The van der Waals surface area contributed by atoms with Crippen LogP contribution >= 0.6 is 0 Å². The summed E-state index contributed by atoms with van der Waals surface area (Å²) in [6, 6.07) is 18.1. The molecule has 2 aliphatic heterocycles. The number of benzene rings is 2. The molecule has 0 aliphatic carbocycles. The highest BCUT2D eigenvalue weighted by atomic mass is 32.2. The van der Waals surface area contributed by atoms with Gasteiger partial charge < -0.3 is 104 Å². The Kier molecular flexibility index (Phi) is 30.5. The van der Waals surface area contributed by atoms with Crippen LogP contribution in [0.5, 0.6) is 0 Å². The Bertz CT molecular complexity index is 6680. The smallest absolute Gasteiger partial charge is 0.294 e. The maximum absolute atomic E-state index is 14.4. The van der Waals surface area contributed by atoms with Crippen molar-refractivity contribution in [2.45, 2.75) is 120 Å². The summed E-state index contributed by atoms with van der Waals surface area (Å²) >= 11 is 0. The van der Waals surface area contributed by atoms with Crippen LogP contribution in [0.3, 0.4) is 0 Å². The van der Waals surface area contributed by atoms with Gasteiger partial charge in [-0.05, 0) is 152 Å². The second-order valence-electron chi connectivity index (χ2n) is 34.0. The number of aliphatic hydroxyl groups is 5. The third kappa shape index (κ3) is 23.5. The van der Waals surface area contributed by atoms with Crippen LogP contribution in [-0.4, -0.2) is 238 Å². The molecule has 0 radical (unpaired) electrons. The standard InChI is InChI=1S/C91H112N24O17S2/c1-15-114-66-29-27-62(133(127,128)129)47-64(66)90(2,3)74(114)23-19-24-75-91(4,5)65-48-63(134(130,131)132)28-30-67(65)115(75)39-18-16-17-25-77(116)92-34-22-38-113-54-61(102-89(126)81-103-76(55-112(81)14)104-88(125)80-94-36-40-106(80)8)46-73(113)87(124)101-58-43-68(107(9)51-58)82(119)95-32-20-26-79(118)97-56-41-70(109(11)49-56)84(121)99-59-44-72(111(13)52-59)86(123)100-60-45-71(110(12)53-60)85(122)98-57-42-69(108(10)50-57)83(120)96-35-31-78(117)93-33-21-37-105(6)7/h19,23-24,27-30,36,40-55H,15-18,20-22,25-26,31-35,37-39H2,1-14H3,(H12-,92,93,95,96,97,98,99,100,101,102,104,116,117,118,119,120,121,122,123,124,125,126,127,128,129,130,131,132)/p+1. The van der Waals surface area contributed by atoms with Crippen molar-refractivity contribution in [1.82, 2.24) is 51.4 Å². The van der Waals surface area contributed by atoms with Crippen molar-refractivity contribution in [3.8, 4) is 0 Å². The van der Waals surface area contributed by atoms with Gasteiger partial charge in [0.2, 0.25) is 23.3 Å². The van der Waals surface area contributed by atoms with Gasteiger partial charge in [-0.3, -0.25) is 52.8 Å². The number of nitrogens with one attached hydrogen (secondary N) is 6. The lowest BCUT2D eigenvalue weighted by molar-refractivity contribution is -0.433. The molecule has 0 fully saturated rings. The number of aryl methyl sites for hydroxylation is 8. The Balaban J connectivity index is 0.635. The number of carbonyl (C=O) groups excluding carboxylic acids is 6. The fraction of sp³-hybridized carbons (Fsp3) is 0.363. The zero-order chi connectivity index (χ0) is 97.2. The number of amides is 6. The third-order valence-electron chi connectivity index (χ3n) is 22.9. The van der Waals surface area contributed by atoms with Gasteiger partial charge in [0.15, 0.2) is 35.0 Å². The molecule has 12 rings (SSSR count). The Labute approximate surface area is 774 Å². The molecule has 0 saturated carbocycles. The summed E-state index contributed by atoms with van der Waals surface area (Å²) in [6.07, 6.45) is 23.3. The number of hydrogen-bond acceptors (Lipinski definition) is 19. The Morgan fingerprint density at radius 3 is 1.54 bits per heavy atom. The molecular formula is C91H113N24O17S2+. The fourth-order valence-electron chi connectivity index (χ4n) is 16.1.